The Morgan fingerprint density at radius 1 is 1.65 bits per heavy atom. The van der Waals surface area contributed by atoms with E-state index in [2.05, 4.69) is 10.3 Å². The largest absolute Gasteiger partial charge is 0.394 e. The molecule has 1 heterocycles. The first-order chi connectivity index (χ1) is 9.35. The minimum atomic E-state index is -0.828. The molecule has 0 aliphatic rings. The summed E-state index contributed by atoms with van der Waals surface area (Å²) in [5.74, 6) is -0.714. The van der Waals surface area contributed by atoms with Crippen LogP contribution in [0.4, 0.5) is 11.5 Å². The lowest BCUT2D eigenvalue weighted by atomic mass is 10.2. The van der Waals surface area contributed by atoms with Crippen molar-refractivity contribution < 1.29 is 14.8 Å². The van der Waals surface area contributed by atoms with Gasteiger partial charge in [0.25, 0.3) is 11.6 Å². The van der Waals surface area contributed by atoms with E-state index < -0.39 is 10.8 Å². The van der Waals surface area contributed by atoms with Gasteiger partial charge in [0, 0.05) is 12.6 Å². The lowest BCUT2D eigenvalue weighted by Crippen LogP contribution is -2.36. The minimum Gasteiger partial charge on any atom is -0.394 e. The van der Waals surface area contributed by atoms with Gasteiger partial charge in [0.15, 0.2) is 0 Å². The number of carbonyl (C=O) groups is 1. The quantitative estimate of drug-likeness (QED) is 0.450. The highest BCUT2D eigenvalue weighted by Crippen LogP contribution is 2.19. The molecule has 9 heteroatoms. The Kier molecular flexibility index (Phi) is 5.35. The molecule has 1 rings (SSSR count). The lowest BCUT2D eigenvalue weighted by Gasteiger charge is -2.21. The van der Waals surface area contributed by atoms with Gasteiger partial charge in [0.05, 0.1) is 23.1 Å². The first-order valence-electron chi connectivity index (χ1n) is 5.81. The topological polar surface area (TPSA) is 135 Å². The number of primary amides is 1. The molecule has 1 aromatic heterocycles. The Balaban J connectivity index is 3.04. The zero-order valence-corrected chi connectivity index (χ0v) is 11.2. The number of nitro groups is 1. The number of nitrogens with one attached hydrogen (secondary N) is 1. The highest BCUT2D eigenvalue weighted by atomic mass is 16.6. The number of rotatable bonds is 7. The number of hydrogen-bond acceptors (Lipinski definition) is 7. The minimum absolute atomic E-state index is 0.0867. The van der Waals surface area contributed by atoms with Crippen molar-refractivity contribution in [2.24, 2.45) is 5.73 Å². The van der Waals surface area contributed by atoms with Crippen LogP contribution in [-0.4, -0.2) is 59.1 Å². The Labute approximate surface area is 115 Å². The fourth-order valence-corrected chi connectivity index (χ4v) is 1.64. The number of aromatic nitrogens is 1. The second-order valence-corrected chi connectivity index (χ2v) is 4.50. The van der Waals surface area contributed by atoms with Gasteiger partial charge in [-0.05, 0) is 14.1 Å². The number of aliphatic hydroxyl groups is 1. The predicted molar refractivity (Wildman–Crippen MR) is 72.5 cm³/mol. The normalized spacial score (nSPS) is 12.2. The Morgan fingerprint density at radius 2 is 2.30 bits per heavy atom. The molecule has 0 aliphatic carbocycles. The van der Waals surface area contributed by atoms with Gasteiger partial charge in [-0.1, -0.05) is 0 Å². The SMILES string of the molecule is CN(C)CC(CO)Nc1ncc([N+](=O)[O-])cc1C(N)=O. The molecule has 1 unspecified atom stereocenters. The van der Waals surface area contributed by atoms with Crippen LogP contribution in [0.1, 0.15) is 10.4 Å². The van der Waals surface area contributed by atoms with Crippen molar-refractivity contribution in [1.29, 1.82) is 0 Å². The van der Waals surface area contributed by atoms with Gasteiger partial charge in [0.2, 0.25) is 0 Å². The molecule has 0 bridgehead atoms. The van der Waals surface area contributed by atoms with Crippen molar-refractivity contribution in [3.63, 3.8) is 0 Å². The van der Waals surface area contributed by atoms with Gasteiger partial charge in [-0.15, -0.1) is 0 Å². The van der Waals surface area contributed by atoms with Crippen LogP contribution in [0, 0.1) is 10.1 Å². The van der Waals surface area contributed by atoms with Gasteiger partial charge in [-0.25, -0.2) is 4.98 Å². The number of pyridine rings is 1. The first kappa shape index (κ1) is 15.8. The maximum absolute atomic E-state index is 11.3. The Morgan fingerprint density at radius 3 is 2.75 bits per heavy atom. The smallest absolute Gasteiger partial charge is 0.288 e. The van der Waals surface area contributed by atoms with E-state index >= 15 is 0 Å². The van der Waals surface area contributed by atoms with Crippen LogP contribution < -0.4 is 11.1 Å². The molecule has 0 fully saturated rings. The molecule has 1 atom stereocenters. The summed E-state index contributed by atoms with van der Waals surface area (Å²) < 4.78 is 0. The van der Waals surface area contributed by atoms with Gasteiger partial charge < -0.3 is 21.1 Å². The highest BCUT2D eigenvalue weighted by Gasteiger charge is 2.18. The van der Waals surface area contributed by atoms with Gasteiger partial charge in [-0.2, -0.15) is 0 Å². The van der Waals surface area contributed by atoms with E-state index in [-0.39, 0.29) is 29.7 Å². The average molecular weight is 283 g/mol. The molecule has 0 aliphatic heterocycles. The summed E-state index contributed by atoms with van der Waals surface area (Å²) >= 11 is 0. The number of amides is 1. The third-order valence-electron chi connectivity index (χ3n) is 2.50. The fourth-order valence-electron chi connectivity index (χ4n) is 1.64. The van der Waals surface area contributed by atoms with Crippen LogP contribution in [0.2, 0.25) is 0 Å². The lowest BCUT2D eigenvalue weighted by molar-refractivity contribution is -0.385. The van der Waals surface area contributed by atoms with Crippen LogP contribution in [0.15, 0.2) is 12.3 Å². The zero-order valence-electron chi connectivity index (χ0n) is 11.2. The van der Waals surface area contributed by atoms with Gasteiger partial charge in [0.1, 0.15) is 12.0 Å². The molecule has 0 aromatic carbocycles. The molecule has 0 saturated heterocycles. The van der Waals surface area contributed by atoms with Crippen molar-refractivity contribution >= 4 is 17.4 Å². The third-order valence-corrected chi connectivity index (χ3v) is 2.50. The number of aliphatic hydroxyl groups excluding tert-OH is 1. The van der Waals surface area contributed by atoms with E-state index in [1.165, 1.54) is 0 Å². The molecule has 0 saturated carbocycles. The van der Waals surface area contributed by atoms with E-state index in [1.807, 2.05) is 19.0 Å². The molecule has 0 spiro atoms. The molecular weight excluding hydrogens is 266 g/mol. The maximum atomic E-state index is 11.3. The molecular formula is C11H17N5O4. The van der Waals surface area contributed by atoms with E-state index in [4.69, 9.17) is 5.73 Å². The number of anilines is 1. The Hall–Kier alpha value is -2.26. The Bertz CT molecular complexity index is 506. The number of carbonyl (C=O) groups excluding carboxylic acids is 1. The molecule has 1 aromatic rings. The van der Waals surface area contributed by atoms with Crippen molar-refractivity contribution in [1.82, 2.24) is 9.88 Å². The predicted octanol–water partition coefficient (Wildman–Crippen LogP) is -0.577. The third kappa shape index (κ3) is 4.14. The van der Waals surface area contributed by atoms with E-state index in [0.717, 1.165) is 12.3 Å². The standard InChI is InChI=1S/C11H17N5O4/c1-15(2)5-7(6-17)14-11-9(10(12)18)3-8(4-13-11)16(19)20/h3-4,7,17H,5-6H2,1-2H3,(H2,12,18)(H,13,14). The van der Waals surface area contributed by atoms with E-state index in [0.29, 0.717) is 6.54 Å². The van der Waals surface area contributed by atoms with Crippen molar-refractivity contribution in [3.8, 4) is 0 Å². The zero-order chi connectivity index (χ0) is 15.3. The molecule has 110 valence electrons. The number of nitrogens with two attached hydrogens (primary N) is 1. The maximum Gasteiger partial charge on any atom is 0.288 e. The average Bonchev–Trinajstić information content (AvgIpc) is 2.37. The molecule has 1 amide bonds. The van der Waals surface area contributed by atoms with Gasteiger partial charge in [-0.3, -0.25) is 14.9 Å². The summed E-state index contributed by atoms with van der Waals surface area (Å²) in [5, 5.41) is 22.8. The van der Waals surface area contributed by atoms with Crippen LogP contribution >= 0.6 is 0 Å². The van der Waals surface area contributed by atoms with Crippen LogP contribution in [0.3, 0.4) is 0 Å². The molecule has 9 nitrogen and oxygen atoms in total. The van der Waals surface area contributed by atoms with Crippen molar-refractivity contribution in [2.75, 3.05) is 32.6 Å². The van der Waals surface area contributed by atoms with Gasteiger partial charge >= 0.3 is 0 Å². The van der Waals surface area contributed by atoms with Crippen LogP contribution in [0.5, 0.6) is 0 Å². The summed E-state index contributed by atoms with van der Waals surface area (Å²) in [6, 6.07) is 0.680. The molecule has 20 heavy (non-hydrogen) atoms. The summed E-state index contributed by atoms with van der Waals surface area (Å²) in [7, 11) is 3.64. The summed E-state index contributed by atoms with van der Waals surface area (Å²) in [6.45, 7) is 0.308. The number of likely N-dealkylation sites (N-methyl/N-ethyl adjacent to an activating group) is 1. The van der Waals surface area contributed by atoms with Crippen molar-refractivity contribution in [2.45, 2.75) is 6.04 Å². The first-order valence-corrected chi connectivity index (χ1v) is 5.81. The summed E-state index contributed by atoms with van der Waals surface area (Å²) in [4.78, 5) is 27.0. The highest BCUT2D eigenvalue weighted by molar-refractivity contribution is 5.98. The summed E-state index contributed by atoms with van der Waals surface area (Å²) in [5.41, 5.74) is 4.78. The van der Waals surface area contributed by atoms with Crippen molar-refractivity contribution in [3.05, 3.63) is 27.9 Å². The monoisotopic (exact) mass is 283 g/mol. The molecule has 4 N–H and O–H groups in total. The van der Waals surface area contributed by atoms with Crippen LogP contribution in [0.25, 0.3) is 0 Å². The summed E-state index contributed by atoms with van der Waals surface area (Å²) in [6.07, 6.45) is 1.03. The second-order valence-electron chi connectivity index (χ2n) is 4.50. The van der Waals surface area contributed by atoms with E-state index in [9.17, 15) is 20.0 Å². The number of hydrogen-bond donors (Lipinski definition) is 3. The molecule has 0 radical (unpaired) electrons. The van der Waals surface area contributed by atoms with Crippen LogP contribution in [-0.2, 0) is 0 Å². The second kappa shape index (κ2) is 6.78. The fraction of sp³-hybridized carbons (Fsp3) is 0.455. The number of nitrogens with zero attached hydrogens (tertiary/aromatic N) is 3. The van der Waals surface area contributed by atoms with E-state index in [1.54, 1.807) is 0 Å².